The van der Waals surface area contributed by atoms with Gasteiger partial charge in [0, 0.05) is 39.3 Å². The summed E-state index contributed by atoms with van der Waals surface area (Å²) in [6.07, 6.45) is 2.97. The van der Waals surface area contributed by atoms with E-state index in [1.807, 2.05) is 0 Å². The minimum Gasteiger partial charge on any atom is -0.353 e. The third-order valence-corrected chi connectivity index (χ3v) is 4.21. The van der Waals surface area contributed by atoms with Gasteiger partial charge in [-0.15, -0.1) is 0 Å². The van der Waals surface area contributed by atoms with Gasteiger partial charge in [-0.25, -0.2) is 0 Å². The SMILES string of the molecule is CCC1(C(=O)NCCN2CCNCC2)CCCN1. The number of hydrogen-bond acceptors (Lipinski definition) is 4. The maximum atomic E-state index is 12.2. The van der Waals surface area contributed by atoms with Crippen molar-refractivity contribution in [2.75, 3.05) is 45.8 Å². The Labute approximate surface area is 110 Å². The van der Waals surface area contributed by atoms with Crippen molar-refractivity contribution in [1.82, 2.24) is 20.9 Å². The third kappa shape index (κ3) is 3.22. The molecule has 18 heavy (non-hydrogen) atoms. The van der Waals surface area contributed by atoms with E-state index in [4.69, 9.17) is 0 Å². The Morgan fingerprint density at radius 2 is 2.11 bits per heavy atom. The maximum Gasteiger partial charge on any atom is 0.240 e. The summed E-state index contributed by atoms with van der Waals surface area (Å²) in [6.45, 7) is 9.10. The first-order valence-corrected chi connectivity index (χ1v) is 7.23. The summed E-state index contributed by atoms with van der Waals surface area (Å²) in [5, 5.41) is 9.81. The molecule has 2 heterocycles. The van der Waals surface area contributed by atoms with Gasteiger partial charge in [0.2, 0.25) is 5.91 Å². The van der Waals surface area contributed by atoms with Gasteiger partial charge in [-0.05, 0) is 25.8 Å². The predicted molar refractivity (Wildman–Crippen MR) is 72.6 cm³/mol. The van der Waals surface area contributed by atoms with Crippen LogP contribution in [0.1, 0.15) is 26.2 Å². The van der Waals surface area contributed by atoms with Crippen LogP contribution in [0.25, 0.3) is 0 Å². The first-order chi connectivity index (χ1) is 8.77. The average Bonchev–Trinajstić information content (AvgIpc) is 2.90. The van der Waals surface area contributed by atoms with Crippen molar-refractivity contribution in [3.63, 3.8) is 0 Å². The Kier molecular flexibility index (Phi) is 4.97. The van der Waals surface area contributed by atoms with Gasteiger partial charge in [-0.3, -0.25) is 9.69 Å². The Morgan fingerprint density at radius 3 is 2.72 bits per heavy atom. The number of carbonyl (C=O) groups excluding carboxylic acids is 1. The molecule has 0 aliphatic carbocycles. The van der Waals surface area contributed by atoms with Crippen LogP contribution in [0.2, 0.25) is 0 Å². The van der Waals surface area contributed by atoms with Crippen molar-refractivity contribution in [1.29, 1.82) is 0 Å². The second-order valence-electron chi connectivity index (χ2n) is 5.31. The number of piperazine rings is 1. The molecule has 0 bridgehead atoms. The van der Waals surface area contributed by atoms with E-state index in [-0.39, 0.29) is 11.4 Å². The molecule has 0 aromatic carbocycles. The van der Waals surface area contributed by atoms with Crippen LogP contribution in [-0.4, -0.2) is 62.2 Å². The van der Waals surface area contributed by atoms with Crippen LogP contribution in [0, 0.1) is 0 Å². The zero-order chi connectivity index (χ0) is 12.8. The van der Waals surface area contributed by atoms with Crippen molar-refractivity contribution in [3.05, 3.63) is 0 Å². The molecular formula is C13H26N4O. The van der Waals surface area contributed by atoms with Crippen LogP contribution >= 0.6 is 0 Å². The normalized spacial score (nSPS) is 29.4. The highest BCUT2D eigenvalue weighted by atomic mass is 16.2. The summed E-state index contributed by atoms with van der Waals surface area (Å²) in [5.41, 5.74) is -0.288. The van der Waals surface area contributed by atoms with Gasteiger partial charge in [0.1, 0.15) is 0 Å². The molecule has 2 fully saturated rings. The zero-order valence-corrected chi connectivity index (χ0v) is 11.4. The highest BCUT2D eigenvalue weighted by molar-refractivity contribution is 5.86. The number of amides is 1. The van der Waals surface area contributed by atoms with E-state index in [2.05, 4.69) is 27.8 Å². The quantitative estimate of drug-likeness (QED) is 0.621. The Bertz CT molecular complexity index is 270. The topological polar surface area (TPSA) is 56.4 Å². The molecule has 0 spiro atoms. The van der Waals surface area contributed by atoms with Gasteiger partial charge in [0.25, 0.3) is 0 Å². The molecule has 3 N–H and O–H groups in total. The van der Waals surface area contributed by atoms with Crippen molar-refractivity contribution >= 4 is 5.91 Å². The summed E-state index contributed by atoms with van der Waals surface area (Å²) < 4.78 is 0. The molecule has 1 unspecified atom stereocenters. The van der Waals surface area contributed by atoms with E-state index in [9.17, 15) is 4.79 Å². The molecule has 104 valence electrons. The predicted octanol–water partition coefficient (Wildman–Crippen LogP) is -0.460. The molecule has 2 aliphatic heterocycles. The van der Waals surface area contributed by atoms with Crippen molar-refractivity contribution in [3.8, 4) is 0 Å². The molecule has 2 saturated heterocycles. The molecule has 0 aromatic rings. The first kappa shape index (κ1) is 13.8. The highest BCUT2D eigenvalue weighted by Gasteiger charge is 2.38. The molecule has 1 amide bonds. The Balaban J connectivity index is 1.70. The number of hydrogen-bond donors (Lipinski definition) is 3. The monoisotopic (exact) mass is 254 g/mol. The van der Waals surface area contributed by atoms with Crippen LogP contribution < -0.4 is 16.0 Å². The average molecular weight is 254 g/mol. The second-order valence-corrected chi connectivity index (χ2v) is 5.31. The molecule has 2 aliphatic rings. The zero-order valence-electron chi connectivity index (χ0n) is 11.4. The van der Waals surface area contributed by atoms with E-state index in [0.29, 0.717) is 0 Å². The van der Waals surface area contributed by atoms with Crippen LogP contribution in [0.3, 0.4) is 0 Å². The molecule has 1 atom stereocenters. The minimum atomic E-state index is -0.288. The number of nitrogens with one attached hydrogen (secondary N) is 3. The summed E-state index contributed by atoms with van der Waals surface area (Å²) in [7, 11) is 0. The van der Waals surface area contributed by atoms with Crippen LogP contribution in [0.15, 0.2) is 0 Å². The summed E-state index contributed by atoms with van der Waals surface area (Å²) in [6, 6.07) is 0. The first-order valence-electron chi connectivity index (χ1n) is 7.23. The number of nitrogens with zero attached hydrogens (tertiary/aromatic N) is 1. The standard InChI is InChI=1S/C13H26N4O/c1-2-13(4-3-5-16-13)12(18)15-8-11-17-9-6-14-7-10-17/h14,16H,2-11H2,1H3,(H,15,18). The summed E-state index contributed by atoms with van der Waals surface area (Å²) in [4.78, 5) is 14.6. The largest absolute Gasteiger partial charge is 0.353 e. The van der Waals surface area contributed by atoms with Gasteiger partial charge >= 0.3 is 0 Å². The van der Waals surface area contributed by atoms with Gasteiger partial charge in [0.05, 0.1) is 5.54 Å². The fourth-order valence-corrected chi connectivity index (χ4v) is 2.89. The number of rotatable bonds is 5. The minimum absolute atomic E-state index is 0.192. The van der Waals surface area contributed by atoms with Gasteiger partial charge in [-0.1, -0.05) is 6.92 Å². The van der Waals surface area contributed by atoms with Crippen molar-refractivity contribution < 1.29 is 4.79 Å². The summed E-state index contributed by atoms with van der Waals surface area (Å²) in [5.74, 6) is 0.192. The van der Waals surface area contributed by atoms with E-state index in [1.165, 1.54) is 0 Å². The Morgan fingerprint density at radius 1 is 1.33 bits per heavy atom. The molecule has 5 nitrogen and oxygen atoms in total. The second kappa shape index (κ2) is 6.50. The van der Waals surface area contributed by atoms with E-state index >= 15 is 0 Å². The lowest BCUT2D eigenvalue weighted by Crippen LogP contribution is -2.54. The lowest BCUT2D eigenvalue weighted by atomic mass is 9.93. The van der Waals surface area contributed by atoms with Gasteiger partial charge in [-0.2, -0.15) is 0 Å². The molecule has 0 saturated carbocycles. The van der Waals surface area contributed by atoms with Crippen LogP contribution in [0.4, 0.5) is 0 Å². The van der Waals surface area contributed by atoms with E-state index < -0.39 is 0 Å². The van der Waals surface area contributed by atoms with Crippen LogP contribution in [0.5, 0.6) is 0 Å². The van der Waals surface area contributed by atoms with Crippen LogP contribution in [-0.2, 0) is 4.79 Å². The molecule has 0 aromatic heterocycles. The third-order valence-electron chi connectivity index (χ3n) is 4.21. The molecular weight excluding hydrogens is 228 g/mol. The van der Waals surface area contributed by atoms with Gasteiger partial charge in [0.15, 0.2) is 0 Å². The van der Waals surface area contributed by atoms with E-state index in [0.717, 1.165) is 65.1 Å². The molecule has 2 rings (SSSR count). The number of carbonyl (C=O) groups is 1. The molecule has 5 heteroatoms. The summed E-state index contributed by atoms with van der Waals surface area (Å²) >= 11 is 0. The fourth-order valence-electron chi connectivity index (χ4n) is 2.89. The van der Waals surface area contributed by atoms with Gasteiger partial charge < -0.3 is 16.0 Å². The lowest BCUT2D eigenvalue weighted by Gasteiger charge is -2.29. The maximum absolute atomic E-state index is 12.2. The molecule has 0 radical (unpaired) electrons. The smallest absolute Gasteiger partial charge is 0.240 e. The highest BCUT2D eigenvalue weighted by Crippen LogP contribution is 2.22. The van der Waals surface area contributed by atoms with E-state index in [1.54, 1.807) is 0 Å². The fraction of sp³-hybridized carbons (Fsp3) is 0.923. The lowest BCUT2D eigenvalue weighted by molar-refractivity contribution is -0.127. The Hall–Kier alpha value is -0.650. The van der Waals surface area contributed by atoms with Crippen molar-refractivity contribution in [2.24, 2.45) is 0 Å². The van der Waals surface area contributed by atoms with Crippen molar-refractivity contribution in [2.45, 2.75) is 31.7 Å².